The summed E-state index contributed by atoms with van der Waals surface area (Å²) >= 11 is 0. The van der Waals surface area contributed by atoms with Crippen LogP contribution in [-0.2, 0) is 11.2 Å². The summed E-state index contributed by atoms with van der Waals surface area (Å²) in [5.74, 6) is -0.546. The largest absolute Gasteiger partial charge is 0.507 e. The highest BCUT2D eigenvalue weighted by Crippen LogP contribution is 2.24. The number of hydrogen-bond donors (Lipinski definition) is 2. The Bertz CT molecular complexity index is 826. The van der Waals surface area contributed by atoms with E-state index in [2.05, 4.69) is 0 Å². The van der Waals surface area contributed by atoms with Gasteiger partial charge in [0, 0.05) is 11.1 Å². The van der Waals surface area contributed by atoms with Gasteiger partial charge in [-0.3, -0.25) is 9.59 Å². The van der Waals surface area contributed by atoms with Crippen molar-refractivity contribution in [2.45, 2.75) is 20.3 Å². The fourth-order valence-corrected chi connectivity index (χ4v) is 2.59. The van der Waals surface area contributed by atoms with Crippen molar-refractivity contribution >= 4 is 17.8 Å². The van der Waals surface area contributed by atoms with Crippen molar-refractivity contribution in [3.8, 4) is 11.5 Å². The van der Waals surface area contributed by atoms with Gasteiger partial charge in [0.15, 0.2) is 5.78 Å². The van der Waals surface area contributed by atoms with Crippen molar-refractivity contribution in [1.82, 2.24) is 0 Å². The number of aromatic hydroxyl groups is 1. The Morgan fingerprint density at radius 3 is 2.32 bits per heavy atom. The average molecular weight is 340 g/mol. The van der Waals surface area contributed by atoms with Gasteiger partial charge in [-0.25, -0.2) is 0 Å². The maximum atomic E-state index is 12.4. The molecule has 2 aromatic rings. The lowest BCUT2D eigenvalue weighted by molar-refractivity contribution is -0.136. The van der Waals surface area contributed by atoms with Crippen LogP contribution in [0.5, 0.6) is 11.5 Å². The Balaban J connectivity index is 2.27. The molecule has 5 heteroatoms. The molecule has 0 heterocycles. The molecule has 0 saturated carbocycles. The van der Waals surface area contributed by atoms with E-state index in [0.29, 0.717) is 16.9 Å². The quantitative estimate of drug-likeness (QED) is 0.621. The van der Waals surface area contributed by atoms with Gasteiger partial charge < -0.3 is 14.9 Å². The van der Waals surface area contributed by atoms with E-state index in [1.54, 1.807) is 44.2 Å². The summed E-state index contributed by atoms with van der Waals surface area (Å²) in [4.78, 5) is 23.3. The highest BCUT2D eigenvalue weighted by atomic mass is 16.5. The first-order valence-corrected chi connectivity index (χ1v) is 7.73. The van der Waals surface area contributed by atoms with Gasteiger partial charge in [0.1, 0.15) is 11.5 Å². The van der Waals surface area contributed by atoms with Crippen molar-refractivity contribution in [3.05, 3.63) is 64.2 Å². The number of benzene rings is 2. The molecule has 0 unspecified atom stereocenters. The van der Waals surface area contributed by atoms with E-state index < -0.39 is 5.97 Å². The molecule has 0 aromatic heterocycles. The Labute approximate surface area is 146 Å². The SMILES string of the molecule is COc1ccc(C(=O)/C=C/c2cc(C)c(O)c(C)c2)cc1CC(=O)O. The van der Waals surface area contributed by atoms with Crippen LogP contribution in [0.25, 0.3) is 6.08 Å². The topological polar surface area (TPSA) is 83.8 Å². The molecule has 2 aromatic carbocycles. The highest BCUT2D eigenvalue weighted by molar-refractivity contribution is 6.07. The Morgan fingerprint density at radius 1 is 1.12 bits per heavy atom. The third-order valence-electron chi connectivity index (χ3n) is 3.85. The molecule has 2 N–H and O–H groups in total. The minimum atomic E-state index is -0.992. The molecule has 25 heavy (non-hydrogen) atoms. The first-order chi connectivity index (χ1) is 11.8. The fraction of sp³-hybridized carbons (Fsp3) is 0.200. The smallest absolute Gasteiger partial charge is 0.307 e. The van der Waals surface area contributed by atoms with Gasteiger partial charge >= 0.3 is 5.97 Å². The van der Waals surface area contributed by atoms with Crippen molar-refractivity contribution in [2.75, 3.05) is 7.11 Å². The first-order valence-electron chi connectivity index (χ1n) is 7.73. The molecule has 0 aliphatic rings. The van der Waals surface area contributed by atoms with Gasteiger partial charge in [0.2, 0.25) is 0 Å². The molecule has 0 fully saturated rings. The third kappa shape index (κ3) is 4.47. The molecule has 5 nitrogen and oxygen atoms in total. The van der Waals surface area contributed by atoms with Crippen LogP contribution in [0.1, 0.15) is 32.6 Å². The number of carboxylic acids is 1. The van der Waals surface area contributed by atoms with Gasteiger partial charge in [-0.15, -0.1) is 0 Å². The maximum absolute atomic E-state index is 12.4. The molecule has 0 amide bonds. The van der Waals surface area contributed by atoms with Crippen LogP contribution in [0.2, 0.25) is 0 Å². The number of carboxylic acid groups (broad SMARTS) is 1. The lowest BCUT2D eigenvalue weighted by atomic mass is 10.0. The lowest BCUT2D eigenvalue weighted by Crippen LogP contribution is -2.04. The van der Waals surface area contributed by atoms with Crippen LogP contribution in [0.4, 0.5) is 0 Å². The van der Waals surface area contributed by atoms with Gasteiger partial charge in [0.25, 0.3) is 0 Å². The van der Waals surface area contributed by atoms with Crippen LogP contribution in [0.15, 0.2) is 36.4 Å². The number of aliphatic carboxylic acids is 1. The standard InChI is InChI=1S/C20H20O5/c1-12-8-14(9-13(2)20(12)24)4-6-17(21)15-5-7-18(25-3)16(10-15)11-19(22)23/h4-10,24H,11H2,1-3H3,(H,22,23)/b6-4+. The molecule has 0 aliphatic carbocycles. The van der Waals surface area contributed by atoms with Crippen LogP contribution in [-0.4, -0.2) is 29.1 Å². The van der Waals surface area contributed by atoms with E-state index in [9.17, 15) is 14.7 Å². The molecular weight excluding hydrogens is 320 g/mol. The van der Waals surface area contributed by atoms with E-state index in [-0.39, 0.29) is 18.0 Å². The number of aryl methyl sites for hydroxylation is 2. The summed E-state index contributed by atoms with van der Waals surface area (Å²) in [5.41, 5.74) is 3.12. The van der Waals surface area contributed by atoms with Crippen molar-refractivity contribution in [3.63, 3.8) is 0 Å². The zero-order valence-electron chi connectivity index (χ0n) is 14.4. The number of carbonyl (C=O) groups excluding carboxylic acids is 1. The number of rotatable bonds is 6. The molecule has 0 saturated heterocycles. The number of phenolic OH excluding ortho intramolecular Hbond substituents is 1. The number of carbonyl (C=O) groups is 2. The molecule has 0 atom stereocenters. The van der Waals surface area contributed by atoms with Crippen LogP contribution in [0.3, 0.4) is 0 Å². The number of ketones is 1. The Hall–Kier alpha value is -3.08. The molecule has 0 bridgehead atoms. The minimum absolute atomic E-state index is 0.218. The van der Waals surface area contributed by atoms with Gasteiger partial charge in [-0.2, -0.15) is 0 Å². The molecule has 0 radical (unpaired) electrons. The van der Waals surface area contributed by atoms with E-state index in [0.717, 1.165) is 16.7 Å². The van der Waals surface area contributed by atoms with Gasteiger partial charge in [-0.1, -0.05) is 6.08 Å². The van der Waals surface area contributed by atoms with Gasteiger partial charge in [-0.05, 0) is 66.9 Å². The normalized spacial score (nSPS) is 10.8. The second kappa shape index (κ2) is 7.66. The predicted octanol–water partition coefficient (Wildman–Crippen LogP) is 3.54. The van der Waals surface area contributed by atoms with Crippen LogP contribution >= 0.6 is 0 Å². The van der Waals surface area contributed by atoms with E-state index in [1.165, 1.54) is 19.3 Å². The summed E-state index contributed by atoms with van der Waals surface area (Å²) < 4.78 is 5.13. The number of allylic oxidation sites excluding steroid dienone is 1. The van der Waals surface area contributed by atoms with E-state index >= 15 is 0 Å². The minimum Gasteiger partial charge on any atom is -0.507 e. The van der Waals surface area contributed by atoms with E-state index in [1.807, 2.05) is 0 Å². The summed E-state index contributed by atoms with van der Waals surface area (Å²) in [6.45, 7) is 3.59. The lowest BCUT2D eigenvalue weighted by Gasteiger charge is -2.08. The second-order valence-electron chi connectivity index (χ2n) is 5.80. The maximum Gasteiger partial charge on any atom is 0.307 e. The predicted molar refractivity (Wildman–Crippen MR) is 95.3 cm³/mol. The number of hydrogen-bond acceptors (Lipinski definition) is 4. The average Bonchev–Trinajstić information content (AvgIpc) is 2.56. The summed E-state index contributed by atoms with van der Waals surface area (Å²) in [6, 6.07) is 8.30. The van der Waals surface area contributed by atoms with Crippen LogP contribution in [0, 0.1) is 13.8 Å². The summed E-state index contributed by atoms with van der Waals surface area (Å²) in [6.07, 6.45) is 2.88. The summed E-state index contributed by atoms with van der Waals surface area (Å²) in [7, 11) is 1.46. The van der Waals surface area contributed by atoms with E-state index in [4.69, 9.17) is 9.84 Å². The van der Waals surface area contributed by atoms with Gasteiger partial charge in [0.05, 0.1) is 13.5 Å². The number of ether oxygens (including phenoxy) is 1. The van der Waals surface area contributed by atoms with Crippen LogP contribution < -0.4 is 4.74 Å². The van der Waals surface area contributed by atoms with Crippen molar-refractivity contribution < 1.29 is 24.5 Å². The second-order valence-corrected chi connectivity index (χ2v) is 5.80. The highest BCUT2D eigenvalue weighted by Gasteiger charge is 2.11. The molecule has 130 valence electrons. The summed E-state index contributed by atoms with van der Waals surface area (Å²) in [5, 5.41) is 18.8. The first kappa shape index (κ1) is 18.3. The Kier molecular flexibility index (Phi) is 5.60. The zero-order chi connectivity index (χ0) is 18.6. The fourth-order valence-electron chi connectivity index (χ4n) is 2.59. The monoisotopic (exact) mass is 340 g/mol. The third-order valence-corrected chi connectivity index (χ3v) is 3.85. The molecule has 0 spiro atoms. The molecular formula is C20H20O5. The number of phenols is 1. The zero-order valence-corrected chi connectivity index (χ0v) is 14.4. The van der Waals surface area contributed by atoms with Crippen molar-refractivity contribution in [1.29, 1.82) is 0 Å². The molecule has 2 rings (SSSR count). The van der Waals surface area contributed by atoms with Crippen molar-refractivity contribution in [2.24, 2.45) is 0 Å². The Morgan fingerprint density at radius 2 is 1.76 bits per heavy atom. The number of methoxy groups -OCH3 is 1. The molecule has 0 aliphatic heterocycles.